The number of ether oxygens (including phenoxy) is 1. The van der Waals surface area contributed by atoms with E-state index in [0.29, 0.717) is 3.57 Å². The molecule has 0 amide bonds. The molecule has 0 heterocycles. The molecule has 0 aliphatic carbocycles. The van der Waals surface area contributed by atoms with E-state index in [1.165, 1.54) is 19.1 Å². The number of carbonyl (C=O) groups is 1. The lowest BCUT2D eigenvalue weighted by Gasteiger charge is -2.11. The molecule has 0 aliphatic rings. The van der Waals surface area contributed by atoms with Gasteiger partial charge in [-0.1, -0.05) is 0 Å². The van der Waals surface area contributed by atoms with Gasteiger partial charge in [0, 0.05) is 5.56 Å². The Morgan fingerprint density at radius 3 is 2.60 bits per heavy atom. The van der Waals surface area contributed by atoms with Crippen molar-refractivity contribution in [1.82, 2.24) is 0 Å². The van der Waals surface area contributed by atoms with Crippen molar-refractivity contribution in [2.24, 2.45) is 0 Å². The maximum atomic E-state index is 12.0. The lowest BCUT2D eigenvalue weighted by Crippen LogP contribution is -2.09. The van der Waals surface area contributed by atoms with E-state index in [9.17, 15) is 13.6 Å². The molecule has 82 valence electrons. The summed E-state index contributed by atoms with van der Waals surface area (Å²) in [5.41, 5.74) is 5.69. The van der Waals surface area contributed by atoms with Gasteiger partial charge < -0.3 is 10.5 Å². The Hall–Kier alpha value is -0.920. The Labute approximate surface area is 98.7 Å². The van der Waals surface area contributed by atoms with Gasteiger partial charge in [-0.15, -0.1) is 0 Å². The highest BCUT2D eigenvalue weighted by Crippen LogP contribution is 2.32. The molecule has 0 unspecified atom stereocenters. The van der Waals surface area contributed by atoms with Crippen LogP contribution in [0, 0.1) is 3.57 Å². The van der Waals surface area contributed by atoms with Crippen LogP contribution < -0.4 is 10.5 Å². The second kappa shape index (κ2) is 4.73. The smallest absolute Gasteiger partial charge is 0.387 e. The highest BCUT2D eigenvalue weighted by molar-refractivity contribution is 14.1. The minimum absolute atomic E-state index is 0.0466. The molecule has 0 radical (unpaired) electrons. The van der Waals surface area contributed by atoms with Gasteiger partial charge in [0.05, 0.1) is 9.26 Å². The van der Waals surface area contributed by atoms with Gasteiger partial charge in [0.2, 0.25) is 0 Å². The molecule has 0 aromatic heterocycles. The van der Waals surface area contributed by atoms with E-state index in [2.05, 4.69) is 4.74 Å². The minimum atomic E-state index is -2.96. The monoisotopic (exact) mass is 327 g/mol. The molecule has 0 atom stereocenters. The van der Waals surface area contributed by atoms with Gasteiger partial charge >= 0.3 is 6.61 Å². The van der Waals surface area contributed by atoms with Crippen LogP contribution in [0.5, 0.6) is 5.75 Å². The SMILES string of the molecule is CC(=O)c1ccc(I)c(OC(F)F)c1N. The van der Waals surface area contributed by atoms with Crippen LogP contribution in [0.2, 0.25) is 0 Å². The predicted molar refractivity (Wildman–Crippen MR) is 60.2 cm³/mol. The molecule has 1 aromatic carbocycles. The summed E-state index contributed by atoms with van der Waals surface area (Å²) < 4.78 is 28.8. The molecule has 1 rings (SSSR count). The van der Waals surface area contributed by atoms with Crippen molar-refractivity contribution in [2.45, 2.75) is 13.5 Å². The molecular weight excluding hydrogens is 319 g/mol. The molecular formula is C9H8F2INO2. The first-order valence-corrected chi connectivity index (χ1v) is 5.05. The topological polar surface area (TPSA) is 52.3 Å². The summed E-state index contributed by atoms with van der Waals surface area (Å²) in [4.78, 5) is 11.1. The van der Waals surface area contributed by atoms with Crippen molar-refractivity contribution in [1.29, 1.82) is 0 Å². The molecule has 0 bridgehead atoms. The molecule has 6 heteroatoms. The summed E-state index contributed by atoms with van der Waals surface area (Å²) in [6, 6.07) is 2.99. The number of hydrogen-bond acceptors (Lipinski definition) is 3. The first-order chi connectivity index (χ1) is 6.93. The highest BCUT2D eigenvalue weighted by atomic mass is 127. The zero-order chi connectivity index (χ0) is 11.6. The van der Waals surface area contributed by atoms with E-state index in [1.807, 2.05) is 22.6 Å². The summed E-state index contributed by atoms with van der Waals surface area (Å²) in [7, 11) is 0. The predicted octanol–water partition coefficient (Wildman–Crippen LogP) is 2.68. The van der Waals surface area contributed by atoms with Gasteiger partial charge in [-0.2, -0.15) is 8.78 Å². The third-order valence-electron chi connectivity index (χ3n) is 1.73. The second-order valence-corrected chi connectivity index (χ2v) is 3.93. The molecule has 15 heavy (non-hydrogen) atoms. The van der Waals surface area contributed by atoms with Gasteiger partial charge in [0.25, 0.3) is 0 Å². The number of ketones is 1. The van der Waals surface area contributed by atoms with Crippen LogP contribution in [-0.4, -0.2) is 12.4 Å². The van der Waals surface area contributed by atoms with Gasteiger partial charge in [-0.3, -0.25) is 4.79 Å². The molecule has 0 aliphatic heterocycles. The van der Waals surface area contributed by atoms with E-state index in [0.717, 1.165) is 0 Å². The Morgan fingerprint density at radius 2 is 2.13 bits per heavy atom. The molecule has 0 saturated heterocycles. The third kappa shape index (κ3) is 2.77. The number of alkyl halides is 2. The van der Waals surface area contributed by atoms with Crippen LogP contribution in [0.4, 0.5) is 14.5 Å². The fourth-order valence-electron chi connectivity index (χ4n) is 1.09. The third-order valence-corrected chi connectivity index (χ3v) is 2.58. The number of Topliss-reactive ketones (excluding diaryl/α,β-unsaturated/α-hetero) is 1. The average Bonchev–Trinajstić information content (AvgIpc) is 2.11. The van der Waals surface area contributed by atoms with Crippen molar-refractivity contribution in [3.05, 3.63) is 21.3 Å². The van der Waals surface area contributed by atoms with Crippen LogP contribution >= 0.6 is 22.6 Å². The largest absolute Gasteiger partial charge is 0.431 e. The fourth-order valence-corrected chi connectivity index (χ4v) is 1.69. The number of rotatable bonds is 3. The van der Waals surface area contributed by atoms with Crippen LogP contribution in [0.3, 0.4) is 0 Å². The van der Waals surface area contributed by atoms with Crippen molar-refractivity contribution < 1.29 is 18.3 Å². The quantitative estimate of drug-likeness (QED) is 0.528. The highest BCUT2D eigenvalue weighted by Gasteiger charge is 2.16. The number of anilines is 1. The Balaban J connectivity index is 3.24. The van der Waals surface area contributed by atoms with Gasteiger partial charge in [0.15, 0.2) is 11.5 Å². The lowest BCUT2D eigenvalue weighted by atomic mass is 10.1. The van der Waals surface area contributed by atoms with Crippen LogP contribution in [0.15, 0.2) is 12.1 Å². The Bertz CT molecular complexity index is 396. The number of nitrogens with two attached hydrogens (primary N) is 1. The van der Waals surface area contributed by atoms with Crippen molar-refractivity contribution >= 4 is 34.1 Å². The summed E-state index contributed by atoms with van der Waals surface area (Å²) in [5, 5.41) is 0. The van der Waals surface area contributed by atoms with Gasteiger partial charge in [0.1, 0.15) is 0 Å². The van der Waals surface area contributed by atoms with E-state index in [4.69, 9.17) is 5.73 Å². The van der Waals surface area contributed by atoms with E-state index in [1.54, 1.807) is 0 Å². The zero-order valence-corrected chi connectivity index (χ0v) is 9.92. The van der Waals surface area contributed by atoms with Crippen LogP contribution in [-0.2, 0) is 0 Å². The van der Waals surface area contributed by atoms with Gasteiger partial charge in [-0.05, 0) is 41.6 Å². The van der Waals surface area contributed by atoms with E-state index in [-0.39, 0.29) is 22.8 Å². The molecule has 0 saturated carbocycles. The molecule has 0 fully saturated rings. The number of carbonyl (C=O) groups excluding carboxylic acids is 1. The van der Waals surface area contributed by atoms with E-state index < -0.39 is 6.61 Å². The minimum Gasteiger partial charge on any atom is -0.431 e. The Morgan fingerprint density at radius 1 is 1.53 bits per heavy atom. The molecule has 1 aromatic rings. The summed E-state index contributed by atoms with van der Waals surface area (Å²) in [6.45, 7) is -1.65. The maximum Gasteiger partial charge on any atom is 0.387 e. The normalized spacial score (nSPS) is 10.5. The molecule has 0 spiro atoms. The summed E-state index contributed by atoms with van der Waals surface area (Å²) in [5.74, 6) is -0.429. The molecule has 3 nitrogen and oxygen atoms in total. The summed E-state index contributed by atoms with van der Waals surface area (Å²) in [6.07, 6.45) is 0. The van der Waals surface area contributed by atoms with E-state index >= 15 is 0 Å². The number of nitrogen functional groups attached to an aromatic ring is 1. The number of hydrogen-bond donors (Lipinski definition) is 1. The Kier molecular flexibility index (Phi) is 3.83. The lowest BCUT2D eigenvalue weighted by molar-refractivity contribution is -0.0499. The molecule has 2 N–H and O–H groups in total. The summed E-state index contributed by atoms with van der Waals surface area (Å²) >= 11 is 1.81. The second-order valence-electron chi connectivity index (χ2n) is 2.77. The first-order valence-electron chi connectivity index (χ1n) is 3.97. The number of halogens is 3. The standard InChI is InChI=1S/C9H8F2INO2/c1-4(14)5-2-3-6(12)8(7(5)13)15-9(10)11/h2-3,9H,13H2,1H3. The van der Waals surface area contributed by atoms with Crippen molar-refractivity contribution in [3.63, 3.8) is 0 Å². The van der Waals surface area contributed by atoms with Crippen molar-refractivity contribution in [2.75, 3.05) is 5.73 Å². The van der Waals surface area contributed by atoms with Crippen molar-refractivity contribution in [3.8, 4) is 5.75 Å². The first kappa shape index (κ1) is 12.2. The van der Waals surface area contributed by atoms with Gasteiger partial charge in [-0.25, -0.2) is 0 Å². The van der Waals surface area contributed by atoms with Crippen LogP contribution in [0.25, 0.3) is 0 Å². The zero-order valence-electron chi connectivity index (χ0n) is 7.76. The average molecular weight is 327 g/mol. The van der Waals surface area contributed by atoms with Crippen LogP contribution in [0.1, 0.15) is 17.3 Å². The fraction of sp³-hybridized carbons (Fsp3) is 0.222. The maximum absolute atomic E-state index is 12.0. The number of benzene rings is 1.